The predicted molar refractivity (Wildman–Crippen MR) is 77.5 cm³/mol. The SMILES string of the molecule is O=C(O)c1ccc(OC(=O)c2ccc(Cl)cc2)c(Br)c1. The van der Waals surface area contributed by atoms with Gasteiger partial charge >= 0.3 is 11.9 Å². The van der Waals surface area contributed by atoms with Gasteiger partial charge in [0.05, 0.1) is 15.6 Å². The van der Waals surface area contributed by atoms with Crippen molar-refractivity contribution in [3.63, 3.8) is 0 Å². The van der Waals surface area contributed by atoms with Crippen molar-refractivity contribution in [2.75, 3.05) is 0 Å². The lowest BCUT2D eigenvalue weighted by molar-refractivity contribution is 0.0696. The molecular formula is C14H8BrClO4. The third-order valence-corrected chi connectivity index (χ3v) is 3.33. The molecule has 102 valence electrons. The van der Waals surface area contributed by atoms with E-state index in [-0.39, 0.29) is 11.3 Å². The van der Waals surface area contributed by atoms with Gasteiger partial charge in [0.2, 0.25) is 0 Å². The predicted octanol–water partition coefficient (Wildman–Crippen LogP) is 4.02. The van der Waals surface area contributed by atoms with Crippen LogP contribution in [0.4, 0.5) is 0 Å². The second-order valence-corrected chi connectivity index (χ2v) is 5.14. The first-order valence-corrected chi connectivity index (χ1v) is 6.65. The number of carboxylic acid groups (broad SMARTS) is 1. The Labute approximate surface area is 128 Å². The summed E-state index contributed by atoms with van der Waals surface area (Å²) in [7, 11) is 0. The van der Waals surface area contributed by atoms with Gasteiger partial charge in [0, 0.05) is 5.02 Å². The molecule has 0 heterocycles. The van der Waals surface area contributed by atoms with Crippen LogP contribution in [0.5, 0.6) is 5.75 Å². The number of halogens is 2. The van der Waals surface area contributed by atoms with Crippen molar-refractivity contribution in [2.24, 2.45) is 0 Å². The van der Waals surface area contributed by atoms with Crippen LogP contribution in [0.2, 0.25) is 5.02 Å². The molecule has 0 spiro atoms. The standard InChI is InChI=1S/C14H8BrClO4/c15-11-7-9(13(17)18)3-6-12(11)20-14(19)8-1-4-10(16)5-2-8/h1-7H,(H,17,18). The summed E-state index contributed by atoms with van der Waals surface area (Å²) >= 11 is 8.90. The van der Waals surface area contributed by atoms with Gasteiger partial charge < -0.3 is 9.84 Å². The van der Waals surface area contributed by atoms with E-state index in [9.17, 15) is 9.59 Å². The number of carboxylic acids is 1. The van der Waals surface area contributed by atoms with E-state index >= 15 is 0 Å². The molecular weight excluding hydrogens is 348 g/mol. The van der Waals surface area contributed by atoms with E-state index in [0.29, 0.717) is 15.1 Å². The van der Waals surface area contributed by atoms with Crippen molar-refractivity contribution in [3.05, 3.63) is 63.1 Å². The van der Waals surface area contributed by atoms with Crippen LogP contribution in [0, 0.1) is 0 Å². The molecule has 0 saturated carbocycles. The van der Waals surface area contributed by atoms with Crippen LogP contribution in [0.15, 0.2) is 46.9 Å². The minimum absolute atomic E-state index is 0.100. The van der Waals surface area contributed by atoms with Crippen molar-refractivity contribution in [1.82, 2.24) is 0 Å². The molecule has 0 aromatic heterocycles. The van der Waals surface area contributed by atoms with E-state index in [1.165, 1.54) is 18.2 Å². The first kappa shape index (κ1) is 14.6. The fourth-order valence-corrected chi connectivity index (χ4v) is 2.05. The molecule has 0 unspecified atom stereocenters. The molecule has 0 aliphatic heterocycles. The molecule has 0 fully saturated rings. The highest BCUT2D eigenvalue weighted by Crippen LogP contribution is 2.27. The molecule has 0 aliphatic rings. The zero-order chi connectivity index (χ0) is 14.7. The van der Waals surface area contributed by atoms with Crippen LogP contribution >= 0.6 is 27.5 Å². The second kappa shape index (κ2) is 6.07. The Morgan fingerprint density at radius 1 is 1.05 bits per heavy atom. The summed E-state index contributed by atoms with van der Waals surface area (Å²) in [5.41, 5.74) is 0.451. The van der Waals surface area contributed by atoms with Gasteiger partial charge in [-0.15, -0.1) is 0 Å². The number of rotatable bonds is 3. The molecule has 0 amide bonds. The number of carbonyl (C=O) groups is 2. The summed E-state index contributed by atoms with van der Waals surface area (Å²) in [6.07, 6.45) is 0. The normalized spacial score (nSPS) is 10.1. The van der Waals surface area contributed by atoms with E-state index in [4.69, 9.17) is 21.4 Å². The molecule has 2 aromatic rings. The zero-order valence-electron chi connectivity index (χ0n) is 9.97. The Morgan fingerprint density at radius 3 is 2.20 bits per heavy atom. The Kier molecular flexibility index (Phi) is 4.42. The average molecular weight is 356 g/mol. The second-order valence-electron chi connectivity index (χ2n) is 3.85. The molecule has 6 heteroatoms. The molecule has 2 rings (SSSR count). The largest absolute Gasteiger partial charge is 0.478 e. The average Bonchev–Trinajstić information content (AvgIpc) is 2.41. The summed E-state index contributed by atoms with van der Waals surface area (Å²) < 4.78 is 5.57. The lowest BCUT2D eigenvalue weighted by Gasteiger charge is -2.07. The fraction of sp³-hybridized carbons (Fsp3) is 0. The molecule has 2 aromatic carbocycles. The van der Waals surface area contributed by atoms with Crippen LogP contribution in [0.25, 0.3) is 0 Å². The maximum atomic E-state index is 11.9. The third-order valence-electron chi connectivity index (χ3n) is 2.46. The molecule has 0 aliphatic carbocycles. The summed E-state index contributed by atoms with van der Waals surface area (Å²) in [6.45, 7) is 0. The van der Waals surface area contributed by atoms with E-state index in [2.05, 4.69) is 15.9 Å². The van der Waals surface area contributed by atoms with Crippen molar-refractivity contribution < 1.29 is 19.4 Å². The first-order chi connectivity index (χ1) is 9.47. The van der Waals surface area contributed by atoms with Gasteiger partial charge in [-0.05, 0) is 58.4 Å². The molecule has 1 N–H and O–H groups in total. The minimum atomic E-state index is -1.05. The van der Waals surface area contributed by atoms with Gasteiger partial charge in [-0.2, -0.15) is 0 Å². The molecule has 0 radical (unpaired) electrons. The quantitative estimate of drug-likeness (QED) is 0.667. The maximum Gasteiger partial charge on any atom is 0.343 e. The fourth-order valence-electron chi connectivity index (χ4n) is 1.46. The van der Waals surface area contributed by atoms with Crippen molar-refractivity contribution in [2.45, 2.75) is 0 Å². The summed E-state index contributed by atoms with van der Waals surface area (Å²) in [5.74, 6) is -1.36. The summed E-state index contributed by atoms with van der Waals surface area (Å²) in [6, 6.07) is 10.4. The van der Waals surface area contributed by atoms with Crippen molar-refractivity contribution >= 4 is 39.5 Å². The van der Waals surface area contributed by atoms with Gasteiger partial charge in [-0.3, -0.25) is 0 Å². The monoisotopic (exact) mass is 354 g/mol. The highest BCUT2D eigenvalue weighted by atomic mass is 79.9. The Balaban J connectivity index is 2.19. The van der Waals surface area contributed by atoms with E-state index < -0.39 is 11.9 Å². The highest BCUT2D eigenvalue weighted by Gasteiger charge is 2.12. The number of aromatic carboxylic acids is 1. The van der Waals surface area contributed by atoms with Crippen molar-refractivity contribution in [1.29, 1.82) is 0 Å². The first-order valence-electron chi connectivity index (χ1n) is 5.48. The maximum absolute atomic E-state index is 11.9. The van der Waals surface area contributed by atoms with Crippen LogP contribution in [0.1, 0.15) is 20.7 Å². The lowest BCUT2D eigenvalue weighted by atomic mass is 10.2. The summed E-state index contributed by atoms with van der Waals surface area (Å²) in [5, 5.41) is 9.37. The summed E-state index contributed by atoms with van der Waals surface area (Å²) in [4.78, 5) is 22.7. The lowest BCUT2D eigenvalue weighted by Crippen LogP contribution is -2.09. The van der Waals surface area contributed by atoms with E-state index in [0.717, 1.165) is 0 Å². The molecule has 20 heavy (non-hydrogen) atoms. The smallest absolute Gasteiger partial charge is 0.343 e. The number of hydrogen-bond donors (Lipinski definition) is 1. The van der Waals surface area contributed by atoms with Gasteiger partial charge in [0.15, 0.2) is 0 Å². The Hall–Kier alpha value is -1.85. The van der Waals surface area contributed by atoms with Crippen LogP contribution in [-0.4, -0.2) is 17.0 Å². The Bertz CT molecular complexity index is 667. The number of ether oxygens (including phenoxy) is 1. The van der Waals surface area contributed by atoms with Crippen LogP contribution < -0.4 is 4.74 Å². The van der Waals surface area contributed by atoms with Gasteiger partial charge in [-0.25, -0.2) is 9.59 Å². The van der Waals surface area contributed by atoms with Gasteiger partial charge in [0.25, 0.3) is 0 Å². The van der Waals surface area contributed by atoms with E-state index in [1.54, 1.807) is 24.3 Å². The minimum Gasteiger partial charge on any atom is -0.478 e. The Morgan fingerprint density at radius 2 is 1.65 bits per heavy atom. The topological polar surface area (TPSA) is 63.6 Å². The molecule has 0 bridgehead atoms. The molecule has 4 nitrogen and oxygen atoms in total. The van der Waals surface area contributed by atoms with Gasteiger partial charge in [-0.1, -0.05) is 11.6 Å². The van der Waals surface area contributed by atoms with Gasteiger partial charge in [0.1, 0.15) is 5.75 Å². The molecule has 0 saturated heterocycles. The zero-order valence-corrected chi connectivity index (χ0v) is 12.3. The third kappa shape index (κ3) is 3.37. The highest BCUT2D eigenvalue weighted by molar-refractivity contribution is 9.10. The molecule has 0 atom stereocenters. The van der Waals surface area contributed by atoms with Crippen LogP contribution in [0.3, 0.4) is 0 Å². The van der Waals surface area contributed by atoms with Crippen LogP contribution in [-0.2, 0) is 0 Å². The number of benzene rings is 2. The van der Waals surface area contributed by atoms with E-state index in [1.807, 2.05) is 0 Å². The number of esters is 1. The van der Waals surface area contributed by atoms with Crippen molar-refractivity contribution in [3.8, 4) is 5.75 Å². The number of hydrogen-bond acceptors (Lipinski definition) is 3. The number of carbonyl (C=O) groups excluding carboxylic acids is 1.